The average Bonchev–Trinajstić information content (AvgIpc) is 2.72. The van der Waals surface area contributed by atoms with Gasteiger partial charge in [-0.05, 0) is 0 Å². The van der Waals surface area contributed by atoms with Crippen LogP contribution >= 0.6 is 0 Å². The van der Waals surface area contributed by atoms with Crippen LogP contribution < -0.4 is 11.3 Å². The topological polar surface area (TPSA) is 101 Å². The molecule has 7 heteroatoms. The number of rotatable bonds is 1. The quantitative estimate of drug-likeness (QED) is 0.657. The molecule has 16 heavy (non-hydrogen) atoms. The van der Waals surface area contributed by atoms with Gasteiger partial charge in [-0.25, -0.2) is 9.78 Å². The second kappa shape index (κ2) is 3.93. The summed E-state index contributed by atoms with van der Waals surface area (Å²) in [7, 11) is 1.30. The lowest BCUT2D eigenvalue weighted by molar-refractivity contribution is 0.123. The van der Waals surface area contributed by atoms with Gasteiger partial charge in [0.25, 0.3) is 5.56 Å². The maximum Gasteiger partial charge on any atom is 0.410 e. The predicted molar refractivity (Wildman–Crippen MR) is 54.4 cm³/mol. The molecule has 1 aliphatic rings. The van der Waals surface area contributed by atoms with Gasteiger partial charge in [-0.3, -0.25) is 9.69 Å². The predicted octanol–water partition coefficient (Wildman–Crippen LogP) is -0.689. The SMILES string of the molecule is COC(=O)N1Cc2nc(CN)[nH]c(=O)c2C1. The molecule has 0 spiro atoms. The van der Waals surface area contributed by atoms with Gasteiger partial charge in [0.1, 0.15) is 5.82 Å². The van der Waals surface area contributed by atoms with Crippen molar-refractivity contribution in [3.05, 3.63) is 27.4 Å². The molecule has 0 aliphatic carbocycles. The van der Waals surface area contributed by atoms with Gasteiger partial charge in [0.15, 0.2) is 0 Å². The monoisotopic (exact) mass is 224 g/mol. The van der Waals surface area contributed by atoms with Crippen LogP contribution in [0.1, 0.15) is 17.1 Å². The lowest BCUT2D eigenvalue weighted by atomic mass is 10.3. The van der Waals surface area contributed by atoms with E-state index < -0.39 is 6.09 Å². The molecule has 3 N–H and O–H groups in total. The minimum atomic E-state index is -0.466. The normalized spacial score (nSPS) is 13.8. The molecular formula is C9H12N4O3. The number of aromatic nitrogens is 2. The number of carbonyl (C=O) groups excluding carboxylic acids is 1. The zero-order chi connectivity index (χ0) is 11.7. The summed E-state index contributed by atoms with van der Waals surface area (Å²) >= 11 is 0. The van der Waals surface area contributed by atoms with E-state index in [-0.39, 0.29) is 18.6 Å². The molecule has 1 aliphatic heterocycles. The number of aromatic amines is 1. The van der Waals surface area contributed by atoms with E-state index in [1.807, 2.05) is 0 Å². The summed E-state index contributed by atoms with van der Waals surface area (Å²) < 4.78 is 4.58. The van der Waals surface area contributed by atoms with Crippen LogP contribution in [0.4, 0.5) is 4.79 Å². The molecule has 0 saturated carbocycles. The number of amides is 1. The van der Waals surface area contributed by atoms with Crippen LogP contribution in [0.2, 0.25) is 0 Å². The van der Waals surface area contributed by atoms with Gasteiger partial charge in [0.05, 0.1) is 38.0 Å². The molecule has 7 nitrogen and oxygen atoms in total. The Morgan fingerprint density at radius 3 is 3.00 bits per heavy atom. The summed E-state index contributed by atoms with van der Waals surface area (Å²) in [5.74, 6) is 0.426. The van der Waals surface area contributed by atoms with E-state index in [0.717, 1.165) is 0 Å². The zero-order valence-electron chi connectivity index (χ0n) is 8.82. The first kappa shape index (κ1) is 10.6. The van der Waals surface area contributed by atoms with Crippen molar-refractivity contribution in [3.8, 4) is 0 Å². The van der Waals surface area contributed by atoms with Crippen LogP contribution in [0, 0.1) is 0 Å². The highest BCUT2D eigenvalue weighted by Crippen LogP contribution is 2.17. The van der Waals surface area contributed by atoms with E-state index in [1.165, 1.54) is 12.0 Å². The summed E-state index contributed by atoms with van der Waals surface area (Å²) in [6.07, 6.45) is -0.466. The summed E-state index contributed by atoms with van der Waals surface area (Å²) in [6, 6.07) is 0. The Morgan fingerprint density at radius 2 is 2.38 bits per heavy atom. The van der Waals surface area contributed by atoms with E-state index in [1.54, 1.807) is 0 Å². The lowest BCUT2D eigenvalue weighted by Gasteiger charge is -2.11. The Balaban J connectivity index is 2.34. The molecule has 0 fully saturated rings. The Kier molecular flexibility index (Phi) is 2.61. The molecule has 0 aromatic carbocycles. The van der Waals surface area contributed by atoms with Gasteiger partial charge >= 0.3 is 6.09 Å². The summed E-state index contributed by atoms with van der Waals surface area (Å²) in [5.41, 5.74) is 6.25. The third kappa shape index (κ3) is 1.65. The van der Waals surface area contributed by atoms with E-state index in [4.69, 9.17) is 5.73 Å². The minimum Gasteiger partial charge on any atom is -0.453 e. The number of H-pyrrole nitrogens is 1. The van der Waals surface area contributed by atoms with E-state index in [0.29, 0.717) is 23.6 Å². The number of methoxy groups -OCH3 is 1. The number of fused-ring (bicyclic) bond motifs is 1. The van der Waals surface area contributed by atoms with Gasteiger partial charge in [0, 0.05) is 0 Å². The fraction of sp³-hybridized carbons (Fsp3) is 0.444. The van der Waals surface area contributed by atoms with E-state index in [9.17, 15) is 9.59 Å². The summed E-state index contributed by atoms with van der Waals surface area (Å²) in [5, 5.41) is 0. The van der Waals surface area contributed by atoms with Gasteiger partial charge < -0.3 is 15.5 Å². The standard InChI is InChI=1S/C9H12N4O3/c1-16-9(15)13-3-5-6(4-13)11-7(2-10)12-8(5)14/h2-4,10H2,1H3,(H,11,12,14). The van der Waals surface area contributed by atoms with Crippen molar-refractivity contribution in [1.29, 1.82) is 0 Å². The fourth-order valence-electron chi connectivity index (χ4n) is 1.67. The van der Waals surface area contributed by atoms with E-state index in [2.05, 4.69) is 14.7 Å². The van der Waals surface area contributed by atoms with Crippen LogP contribution in [0.3, 0.4) is 0 Å². The zero-order valence-corrected chi connectivity index (χ0v) is 8.82. The molecule has 0 radical (unpaired) electrons. The maximum atomic E-state index is 11.6. The lowest BCUT2D eigenvalue weighted by Crippen LogP contribution is -2.25. The Hall–Kier alpha value is -1.89. The van der Waals surface area contributed by atoms with Crippen LogP contribution in [-0.4, -0.2) is 28.1 Å². The molecule has 1 aromatic rings. The van der Waals surface area contributed by atoms with Crippen LogP contribution in [0.5, 0.6) is 0 Å². The smallest absolute Gasteiger partial charge is 0.410 e. The first-order valence-corrected chi connectivity index (χ1v) is 4.79. The highest BCUT2D eigenvalue weighted by atomic mass is 16.5. The van der Waals surface area contributed by atoms with Crippen molar-refractivity contribution in [2.45, 2.75) is 19.6 Å². The highest BCUT2D eigenvalue weighted by molar-refractivity contribution is 5.68. The molecule has 1 aromatic heterocycles. The van der Waals surface area contributed by atoms with Crippen LogP contribution in [-0.2, 0) is 24.4 Å². The summed E-state index contributed by atoms with van der Waals surface area (Å²) in [6.45, 7) is 0.689. The number of nitrogens with two attached hydrogens (primary N) is 1. The Morgan fingerprint density at radius 1 is 1.62 bits per heavy atom. The molecule has 2 rings (SSSR count). The van der Waals surface area contributed by atoms with Crippen LogP contribution in [0.25, 0.3) is 0 Å². The van der Waals surface area contributed by atoms with Gasteiger partial charge in [-0.1, -0.05) is 0 Å². The molecule has 0 unspecified atom stereocenters. The third-order valence-electron chi connectivity index (χ3n) is 2.47. The number of ether oxygens (including phenoxy) is 1. The fourth-order valence-corrected chi connectivity index (χ4v) is 1.67. The number of hydrogen-bond acceptors (Lipinski definition) is 5. The van der Waals surface area contributed by atoms with Crippen molar-refractivity contribution in [2.24, 2.45) is 5.73 Å². The molecule has 1 amide bonds. The second-order valence-corrected chi connectivity index (χ2v) is 3.47. The maximum absolute atomic E-state index is 11.6. The largest absolute Gasteiger partial charge is 0.453 e. The van der Waals surface area contributed by atoms with Crippen molar-refractivity contribution in [2.75, 3.05) is 7.11 Å². The highest BCUT2D eigenvalue weighted by Gasteiger charge is 2.27. The number of nitrogens with one attached hydrogen (secondary N) is 1. The molecule has 86 valence electrons. The molecule has 0 bridgehead atoms. The van der Waals surface area contributed by atoms with Gasteiger partial charge in [-0.2, -0.15) is 0 Å². The van der Waals surface area contributed by atoms with Crippen molar-refractivity contribution in [1.82, 2.24) is 14.9 Å². The minimum absolute atomic E-state index is 0.167. The van der Waals surface area contributed by atoms with Crippen molar-refractivity contribution in [3.63, 3.8) is 0 Å². The van der Waals surface area contributed by atoms with Gasteiger partial charge in [0.2, 0.25) is 0 Å². The number of nitrogens with zero attached hydrogens (tertiary/aromatic N) is 2. The first-order valence-electron chi connectivity index (χ1n) is 4.79. The van der Waals surface area contributed by atoms with E-state index >= 15 is 0 Å². The Labute approximate surface area is 91.2 Å². The molecule has 0 saturated heterocycles. The number of carbonyl (C=O) groups is 1. The third-order valence-corrected chi connectivity index (χ3v) is 2.47. The summed E-state index contributed by atoms with van der Waals surface area (Å²) in [4.78, 5) is 31.0. The molecule has 2 heterocycles. The van der Waals surface area contributed by atoms with Gasteiger partial charge in [-0.15, -0.1) is 0 Å². The second-order valence-electron chi connectivity index (χ2n) is 3.47. The first-order chi connectivity index (χ1) is 7.65. The van der Waals surface area contributed by atoms with Crippen molar-refractivity contribution < 1.29 is 9.53 Å². The average molecular weight is 224 g/mol. The Bertz CT molecular complexity index is 482. The van der Waals surface area contributed by atoms with Crippen molar-refractivity contribution >= 4 is 6.09 Å². The van der Waals surface area contributed by atoms with Crippen LogP contribution in [0.15, 0.2) is 4.79 Å². The molecule has 0 atom stereocenters. The molecular weight excluding hydrogens is 212 g/mol. The number of hydrogen-bond donors (Lipinski definition) is 2.